The van der Waals surface area contributed by atoms with E-state index >= 15 is 0 Å². The van der Waals surface area contributed by atoms with Crippen LogP contribution >= 0.6 is 0 Å². The van der Waals surface area contributed by atoms with E-state index in [-0.39, 0.29) is 11.1 Å². The van der Waals surface area contributed by atoms with Crippen molar-refractivity contribution in [3.8, 4) is 11.6 Å². The summed E-state index contributed by atoms with van der Waals surface area (Å²) < 4.78 is 50.9. The van der Waals surface area contributed by atoms with E-state index < -0.39 is 17.6 Å². The number of nitrogens with zero attached hydrogens (tertiary/aromatic N) is 1. The van der Waals surface area contributed by atoms with Crippen molar-refractivity contribution in [2.45, 2.75) is 78.3 Å². The Morgan fingerprint density at radius 3 is 1.64 bits per heavy atom. The van der Waals surface area contributed by atoms with Crippen LogP contribution in [-0.4, -0.2) is 75.4 Å². The molecule has 2 aliphatic heterocycles. The highest BCUT2D eigenvalue weighted by Gasteiger charge is 2.56. The number of hydrogen-bond donors (Lipinski definition) is 0. The first-order valence-electron chi connectivity index (χ1n) is 13.7. The SMILES string of the molecule is CCO[Si](OCC)(OCC)C1CCCOc2c1cnc1c2C([Si](OCC)(OCC)OCC)CCCO1. The van der Waals surface area contributed by atoms with Crippen molar-refractivity contribution >= 4 is 17.6 Å². The maximum Gasteiger partial charge on any atom is 0.509 e. The average Bonchev–Trinajstić information content (AvgIpc) is 3.21. The molecular weight excluding hydrogens is 498 g/mol. The molecule has 0 fully saturated rings. The molecule has 3 rings (SSSR count). The summed E-state index contributed by atoms with van der Waals surface area (Å²) in [6, 6.07) is 0. The minimum absolute atomic E-state index is 0.0982. The highest BCUT2D eigenvalue weighted by Crippen LogP contribution is 2.50. The lowest BCUT2D eigenvalue weighted by atomic mass is 10.0. The number of pyridine rings is 1. The predicted molar refractivity (Wildman–Crippen MR) is 140 cm³/mol. The van der Waals surface area contributed by atoms with Crippen LogP contribution in [0.3, 0.4) is 0 Å². The first kappa shape index (κ1) is 29.5. The van der Waals surface area contributed by atoms with Gasteiger partial charge in [0.05, 0.1) is 29.9 Å². The van der Waals surface area contributed by atoms with Gasteiger partial charge in [0.15, 0.2) is 0 Å². The molecule has 2 unspecified atom stereocenters. The van der Waals surface area contributed by atoms with Crippen LogP contribution in [0, 0.1) is 0 Å². The van der Waals surface area contributed by atoms with Crippen LogP contribution in [0.1, 0.15) is 89.4 Å². The lowest BCUT2D eigenvalue weighted by Crippen LogP contribution is -2.52. The summed E-state index contributed by atoms with van der Waals surface area (Å²) in [4.78, 5) is 4.83. The van der Waals surface area contributed by atoms with Crippen molar-refractivity contribution in [1.82, 2.24) is 4.98 Å². The Labute approximate surface area is 218 Å². The summed E-state index contributed by atoms with van der Waals surface area (Å²) >= 11 is 0. The molecule has 9 nitrogen and oxygen atoms in total. The van der Waals surface area contributed by atoms with Crippen molar-refractivity contribution in [2.24, 2.45) is 0 Å². The molecule has 3 heterocycles. The van der Waals surface area contributed by atoms with Crippen molar-refractivity contribution in [1.29, 1.82) is 0 Å². The molecule has 206 valence electrons. The Bertz CT molecular complexity index is 780. The number of fused-ring (bicyclic) bond motifs is 3. The summed E-state index contributed by atoms with van der Waals surface area (Å²) in [6.07, 6.45) is 5.20. The average molecular weight is 544 g/mol. The zero-order valence-corrected chi connectivity index (χ0v) is 24.9. The van der Waals surface area contributed by atoms with Crippen molar-refractivity contribution < 1.29 is 36.0 Å². The van der Waals surface area contributed by atoms with E-state index in [2.05, 4.69) is 0 Å². The summed E-state index contributed by atoms with van der Waals surface area (Å²) in [7, 11) is -6.24. The van der Waals surface area contributed by atoms with Gasteiger partial charge in [-0.2, -0.15) is 0 Å². The van der Waals surface area contributed by atoms with Gasteiger partial charge in [-0.1, -0.05) is 0 Å². The second-order valence-corrected chi connectivity index (χ2v) is 14.2. The molecule has 0 aliphatic carbocycles. The van der Waals surface area contributed by atoms with Crippen molar-refractivity contribution in [3.63, 3.8) is 0 Å². The standard InChI is InChI=1S/C25H45NO8Si2/c1-7-29-35(30-8-2,31-9-3)21-15-13-17-27-24-20(21)19-26-25-23(24)22(16-14-18-28-25)36(32-10-4,33-11-5)34-12-6/h19,21-22H,7-18H2,1-6H3. The maximum atomic E-state index is 6.51. The Morgan fingerprint density at radius 2 is 1.14 bits per heavy atom. The lowest BCUT2D eigenvalue weighted by molar-refractivity contribution is 0.0602. The molecule has 0 saturated carbocycles. The van der Waals surface area contributed by atoms with Gasteiger partial charge in [0, 0.05) is 51.4 Å². The van der Waals surface area contributed by atoms with Gasteiger partial charge in [0.25, 0.3) is 0 Å². The van der Waals surface area contributed by atoms with E-state index in [0.29, 0.717) is 58.7 Å². The number of rotatable bonds is 14. The Balaban J connectivity index is 2.23. The fraction of sp³-hybridized carbons (Fsp3) is 0.800. The molecular formula is C25H45NO8Si2. The van der Waals surface area contributed by atoms with Gasteiger partial charge in [-0.15, -0.1) is 0 Å². The fourth-order valence-corrected chi connectivity index (χ4v) is 11.8. The van der Waals surface area contributed by atoms with Gasteiger partial charge < -0.3 is 36.0 Å². The quantitative estimate of drug-likeness (QED) is 0.308. The minimum Gasteiger partial charge on any atom is -0.493 e. The van der Waals surface area contributed by atoms with Gasteiger partial charge in [0.2, 0.25) is 5.88 Å². The Morgan fingerprint density at radius 1 is 0.694 bits per heavy atom. The Hall–Kier alpha value is -1.06. The summed E-state index contributed by atoms with van der Waals surface area (Å²) in [6.45, 7) is 16.1. The normalized spacial score (nSPS) is 20.5. The molecule has 36 heavy (non-hydrogen) atoms. The monoisotopic (exact) mass is 543 g/mol. The van der Waals surface area contributed by atoms with Gasteiger partial charge in [-0.05, 0) is 67.2 Å². The molecule has 0 saturated heterocycles. The van der Waals surface area contributed by atoms with E-state index in [1.807, 2.05) is 47.7 Å². The second kappa shape index (κ2) is 14.2. The second-order valence-electron chi connectivity index (χ2n) is 8.65. The van der Waals surface area contributed by atoms with Crippen LogP contribution in [0.5, 0.6) is 11.6 Å². The van der Waals surface area contributed by atoms with Crippen LogP contribution in [0.25, 0.3) is 0 Å². The van der Waals surface area contributed by atoms with E-state index in [9.17, 15) is 0 Å². The zero-order chi connectivity index (χ0) is 26.0. The van der Waals surface area contributed by atoms with Gasteiger partial charge >= 0.3 is 17.6 Å². The number of aromatic nitrogens is 1. The fourth-order valence-electron chi connectivity index (χ4n) is 5.34. The van der Waals surface area contributed by atoms with Crippen LogP contribution in [0.15, 0.2) is 6.20 Å². The summed E-state index contributed by atoms with van der Waals surface area (Å²) in [5.74, 6) is 1.35. The third-order valence-electron chi connectivity index (χ3n) is 6.47. The number of ether oxygens (including phenoxy) is 2. The molecule has 2 atom stereocenters. The van der Waals surface area contributed by atoms with Gasteiger partial charge in [0.1, 0.15) is 5.75 Å². The zero-order valence-electron chi connectivity index (χ0n) is 22.9. The highest BCUT2D eigenvalue weighted by molar-refractivity contribution is 6.63. The largest absolute Gasteiger partial charge is 0.509 e. The van der Waals surface area contributed by atoms with Crippen LogP contribution in [-0.2, 0) is 26.6 Å². The van der Waals surface area contributed by atoms with E-state index in [0.717, 1.165) is 42.6 Å². The molecule has 0 amide bonds. The molecule has 1 aromatic rings. The lowest BCUT2D eigenvalue weighted by Gasteiger charge is -2.37. The van der Waals surface area contributed by atoms with Crippen LogP contribution in [0.2, 0.25) is 0 Å². The minimum atomic E-state index is -3.15. The van der Waals surface area contributed by atoms with Crippen molar-refractivity contribution in [3.05, 3.63) is 17.3 Å². The molecule has 11 heteroatoms. The molecule has 0 spiro atoms. The van der Waals surface area contributed by atoms with Crippen LogP contribution < -0.4 is 9.47 Å². The maximum absolute atomic E-state index is 6.51. The van der Waals surface area contributed by atoms with E-state index in [4.69, 9.17) is 41.0 Å². The topological polar surface area (TPSA) is 86.7 Å². The summed E-state index contributed by atoms with van der Waals surface area (Å²) in [5.41, 5.74) is 1.60. The van der Waals surface area contributed by atoms with Gasteiger partial charge in [-0.3, -0.25) is 0 Å². The van der Waals surface area contributed by atoms with Gasteiger partial charge in [-0.25, -0.2) is 4.98 Å². The van der Waals surface area contributed by atoms with E-state index in [1.165, 1.54) is 0 Å². The molecule has 0 aromatic carbocycles. The van der Waals surface area contributed by atoms with E-state index in [1.54, 1.807) is 0 Å². The molecule has 1 aromatic heterocycles. The first-order valence-corrected chi connectivity index (χ1v) is 17.3. The highest BCUT2D eigenvalue weighted by atomic mass is 28.4. The third-order valence-corrected chi connectivity index (χ3v) is 13.5. The third kappa shape index (κ3) is 6.15. The molecule has 0 radical (unpaired) electrons. The smallest absolute Gasteiger partial charge is 0.493 e. The van der Waals surface area contributed by atoms with Crippen LogP contribution in [0.4, 0.5) is 0 Å². The predicted octanol–water partition coefficient (Wildman–Crippen LogP) is 4.77. The molecule has 0 N–H and O–H groups in total. The molecule has 2 aliphatic rings. The summed E-state index contributed by atoms with van der Waals surface area (Å²) in [5, 5.41) is 0. The van der Waals surface area contributed by atoms with Crippen molar-refractivity contribution in [2.75, 3.05) is 52.9 Å². The molecule has 0 bridgehead atoms. The number of hydrogen-bond acceptors (Lipinski definition) is 9. The Kier molecular flexibility index (Phi) is 11.6. The first-order chi connectivity index (χ1) is 17.6.